The summed E-state index contributed by atoms with van der Waals surface area (Å²) < 4.78 is 1.57. The first kappa shape index (κ1) is 15.6. The Morgan fingerprint density at radius 1 is 1.30 bits per heavy atom. The van der Waals surface area contributed by atoms with Crippen LogP contribution in [0.15, 0.2) is 36.7 Å². The summed E-state index contributed by atoms with van der Waals surface area (Å²) in [5.41, 5.74) is 1.10. The van der Waals surface area contributed by atoms with Gasteiger partial charge in [-0.1, -0.05) is 30.3 Å². The summed E-state index contributed by atoms with van der Waals surface area (Å²) in [6.45, 7) is 4.61. The van der Waals surface area contributed by atoms with Crippen LogP contribution in [-0.2, 0) is 11.2 Å². The zero-order valence-electron chi connectivity index (χ0n) is 13.5. The van der Waals surface area contributed by atoms with E-state index in [1.54, 1.807) is 4.68 Å². The third-order valence-corrected chi connectivity index (χ3v) is 4.35. The van der Waals surface area contributed by atoms with Crippen molar-refractivity contribution < 1.29 is 4.79 Å². The van der Waals surface area contributed by atoms with Crippen molar-refractivity contribution in [2.75, 3.05) is 26.7 Å². The predicted molar refractivity (Wildman–Crippen MR) is 85.7 cm³/mol. The molecule has 7 heteroatoms. The van der Waals surface area contributed by atoms with Crippen molar-refractivity contribution in [2.45, 2.75) is 25.4 Å². The maximum Gasteiger partial charge on any atom is 0.248 e. The molecule has 23 heavy (non-hydrogen) atoms. The molecule has 1 amide bonds. The number of rotatable bonds is 4. The van der Waals surface area contributed by atoms with Crippen LogP contribution in [0.3, 0.4) is 0 Å². The summed E-state index contributed by atoms with van der Waals surface area (Å²) in [6.07, 6.45) is 2.11. The molecule has 2 heterocycles. The van der Waals surface area contributed by atoms with Crippen molar-refractivity contribution in [1.29, 1.82) is 0 Å². The molecule has 0 unspecified atom stereocenters. The fourth-order valence-corrected chi connectivity index (χ4v) is 3.10. The van der Waals surface area contributed by atoms with Crippen LogP contribution in [0.4, 0.5) is 0 Å². The summed E-state index contributed by atoms with van der Waals surface area (Å²) in [4.78, 5) is 17.3. The fourth-order valence-electron chi connectivity index (χ4n) is 3.10. The second-order valence-corrected chi connectivity index (χ2v) is 6.14. The van der Waals surface area contributed by atoms with Gasteiger partial charge in [0.15, 0.2) is 0 Å². The lowest BCUT2D eigenvalue weighted by Crippen LogP contribution is -2.54. The van der Waals surface area contributed by atoms with Gasteiger partial charge in [-0.3, -0.25) is 4.79 Å². The van der Waals surface area contributed by atoms with Gasteiger partial charge in [-0.2, -0.15) is 0 Å². The van der Waals surface area contributed by atoms with Crippen LogP contribution in [0.5, 0.6) is 0 Å². The van der Waals surface area contributed by atoms with E-state index >= 15 is 0 Å². The smallest absolute Gasteiger partial charge is 0.248 e. The van der Waals surface area contributed by atoms with E-state index in [0.29, 0.717) is 6.42 Å². The largest absolute Gasteiger partial charge is 0.336 e. The number of nitrogens with zero attached hydrogens (tertiary/aromatic N) is 6. The molecule has 2 aromatic rings. The van der Waals surface area contributed by atoms with Gasteiger partial charge in [0.05, 0.1) is 0 Å². The van der Waals surface area contributed by atoms with E-state index in [1.807, 2.05) is 35.2 Å². The first-order valence-electron chi connectivity index (χ1n) is 7.90. The van der Waals surface area contributed by atoms with Crippen LogP contribution in [0.2, 0.25) is 0 Å². The van der Waals surface area contributed by atoms with Crippen LogP contribution < -0.4 is 0 Å². The van der Waals surface area contributed by atoms with Gasteiger partial charge in [-0.25, -0.2) is 4.68 Å². The zero-order valence-corrected chi connectivity index (χ0v) is 13.5. The predicted octanol–water partition coefficient (Wildman–Crippen LogP) is 0.619. The van der Waals surface area contributed by atoms with Crippen molar-refractivity contribution in [3.8, 4) is 0 Å². The molecule has 7 nitrogen and oxygen atoms in total. The zero-order chi connectivity index (χ0) is 16.2. The molecule has 2 atom stereocenters. The highest BCUT2D eigenvalue weighted by atomic mass is 16.2. The molecule has 0 spiro atoms. The monoisotopic (exact) mass is 314 g/mol. The Bertz CT molecular complexity index is 629. The maximum atomic E-state index is 13.1. The molecule has 1 aromatic heterocycles. The van der Waals surface area contributed by atoms with Crippen molar-refractivity contribution in [2.24, 2.45) is 0 Å². The van der Waals surface area contributed by atoms with Gasteiger partial charge < -0.3 is 9.80 Å². The first-order valence-corrected chi connectivity index (χ1v) is 7.90. The molecule has 0 bridgehead atoms. The average molecular weight is 314 g/mol. The molecule has 0 aliphatic carbocycles. The number of aromatic nitrogens is 4. The van der Waals surface area contributed by atoms with E-state index in [2.05, 4.69) is 34.4 Å². The second-order valence-electron chi connectivity index (χ2n) is 6.14. The van der Waals surface area contributed by atoms with Crippen molar-refractivity contribution >= 4 is 5.91 Å². The highest BCUT2D eigenvalue weighted by molar-refractivity contribution is 5.81. The lowest BCUT2D eigenvalue weighted by molar-refractivity contribution is -0.139. The van der Waals surface area contributed by atoms with Crippen molar-refractivity contribution in [1.82, 2.24) is 30.0 Å². The number of carbonyl (C=O) groups is 1. The van der Waals surface area contributed by atoms with Crippen LogP contribution >= 0.6 is 0 Å². The molecule has 3 rings (SSSR count). The van der Waals surface area contributed by atoms with Crippen LogP contribution in [0.1, 0.15) is 18.5 Å². The minimum Gasteiger partial charge on any atom is -0.336 e. The number of hydrogen-bond donors (Lipinski definition) is 0. The number of tetrazole rings is 1. The summed E-state index contributed by atoms with van der Waals surface area (Å²) in [6, 6.07) is 9.77. The van der Waals surface area contributed by atoms with E-state index in [0.717, 1.165) is 25.2 Å². The molecule has 1 aliphatic heterocycles. The van der Waals surface area contributed by atoms with Gasteiger partial charge >= 0.3 is 0 Å². The van der Waals surface area contributed by atoms with E-state index in [1.165, 1.54) is 6.33 Å². The molecule has 0 saturated carbocycles. The standard InChI is InChI=1S/C16H22N6O/c1-13-11-20(2)8-9-21(13)16(23)15(22-12-17-18-19-22)10-14-6-4-3-5-7-14/h3-7,12-13,15H,8-11H2,1-2H3/t13-,15-/m0/s1. The summed E-state index contributed by atoms with van der Waals surface area (Å²) >= 11 is 0. The molecule has 1 aromatic carbocycles. The van der Waals surface area contributed by atoms with E-state index in [9.17, 15) is 4.79 Å². The van der Waals surface area contributed by atoms with Gasteiger partial charge in [0, 0.05) is 32.1 Å². The Kier molecular flexibility index (Phi) is 4.66. The van der Waals surface area contributed by atoms with Gasteiger partial charge in [-0.05, 0) is 30.0 Å². The highest BCUT2D eigenvalue weighted by Crippen LogP contribution is 2.19. The SMILES string of the molecule is C[C@H]1CN(C)CCN1C(=O)[C@H](Cc1ccccc1)n1cnnn1. The fraction of sp³-hybridized carbons (Fsp3) is 0.500. The molecular formula is C16H22N6O. The Labute approximate surface area is 135 Å². The third kappa shape index (κ3) is 3.56. The molecule has 1 saturated heterocycles. The molecule has 122 valence electrons. The quantitative estimate of drug-likeness (QED) is 0.827. The van der Waals surface area contributed by atoms with Crippen LogP contribution in [0.25, 0.3) is 0 Å². The summed E-state index contributed by atoms with van der Waals surface area (Å²) in [5, 5.41) is 11.4. The molecular weight excluding hydrogens is 292 g/mol. The molecule has 0 N–H and O–H groups in total. The van der Waals surface area contributed by atoms with Crippen LogP contribution in [0, 0.1) is 0 Å². The Balaban J connectivity index is 1.82. The number of amides is 1. The lowest BCUT2D eigenvalue weighted by Gasteiger charge is -2.39. The van der Waals surface area contributed by atoms with E-state index in [-0.39, 0.29) is 11.9 Å². The van der Waals surface area contributed by atoms with E-state index < -0.39 is 6.04 Å². The first-order chi connectivity index (χ1) is 11.1. The van der Waals surface area contributed by atoms with Gasteiger partial charge in [0.2, 0.25) is 5.91 Å². The normalized spacial score (nSPS) is 20.4. The summed E-state index contributed by atoms with van der Waals surface area (Å²) in [7, 11) is 2.08. The highest BCUT2D eigenvalue weighted by Gasteiger charge is 2.32. The number of likely N-dealkylation sites (N-methyl/N-ethyl adjacent to an activating group) is 1. The Morgan fingerprint density at radius 3 is 2.74 bits per heavy atom. The average Bonchev–Trinajstić information content (AvgIpc) is 3.07. The Morgan fingerprint density at radius 2 is 2.09 bits per heavy atom. The number of benzene rings is 1. The summed E-state index contributed by atoms with van der Waals surface area (Å²) in [5.74, 6) is 0.0850. The van der Waals surface area contributed by atoms with Gasteiger partial charge in [0.1, 0.15) is 12.4 Å². The number of carbonyl (C=O) groups excluding carboxylic acids is 1. The third-order valence-electron chi connectivity index (χ3n) is 4.35. The minimum atomic E-state index is -0.404. The molecule has 1 aliphatic rings. The second kappa shape index (κ2) is 6.87. The van der Waals surface area contributed by atoms with Gasteiger partial charge in [0.25, 0.3) is 0 Å². The van der Waals surface area contributed by atoms with Crippen molar-refractivity contribution in [3.05, 3.63) is 42.2 Å². The van der Waals surface area contributed by atoms with Crippen molar-refractivity contribution in [3.63, 3.8) is 0 Å². The number of piperazine rings is 1. The lowest BCUT2D eigenvalue weighted by atomic mass is 10.0. The van der Waals surface area contributed by atoms with Crippen LogP contribution in [-0.4, -0.2) is 68.6 Å². The topological polar surface area (TPSA) is 67.2 Å². The van der Waals surface area contributed by atoms with Gasteiger partial charge in [-0.15, -0.1) is 5.10 Å². The number of hydrogen-bond acceptors (Lipinski definition) is 5. The van der Waals surface area contributed by atoms with E-state index in [4.69, 9.17) is 0 Å². The maximum absolute atomic E-state index is 13.1. The molecule has 0 radical (unpaired) electrons. The minimum absolute atomic E-state index is 0.0850. The molecule has 1 fully saturated rings. The Hall–Kier alpha value is -2.28.